The Morgan fingerprint density at radius 3 is 1.82 bits per heavy atom. The maximum absolute atomic E-state index is 13.3. The number of benzene rings is 1. The predicted molar refractivity (Wildman–Crippen MR) is 125 cm³/mol. The van der Waals surface area contributed by atoms with Crippen LogP contribution in [0.3, 0.4) is 0 Å². The SMILES string of the molecule is COc1cc(OC)cc(C(=O)NC(C(=O)N2CCN(C(=O)N3CCCCC3)CC2)C(C)C)c1. The highest BCUT2D eigenvalue weighted by Gasteiger charge is 2.33. The second-order valence-electron chi connectivity index (χ2n) is 8.94. The zero-order valence-electron chi connectivity index (χ0n) is 20.1. The highest BCUT2D eigenvalue weighted by molar-refractivity contribution is 5.98. The fourth-order valence-electron chi connectivity index (χ4n) is 4.28. The molecule has 1 atom stereocenters. The van der Waals surface area contributed by atoms with Gasteiger partial charge in [-0.15, -0.1) is 0 Å². The molecule has 9 heteroatoms. The van der Waals surface area contributed by atoms with Crippen molar-refractivity contribution in [2.24, 2.45) is 5.92 Å². The van der Waals surface area contributed by atoms with Gasteiger partial charge in [-0.2, -0.15) is 0 Å². The van der Waals surface area contributed by atoms with Crippen LogP contribution in [0.15, 0.2) is 18.2 Å². The normalized spacial score (nSPS) is 17.5. The van der Waals surface area contributed by atoms with Crippen molar-refractivity contribution in [2.75, 3.05) is 53.5 Å². The first-order valence-corrected chi connectivity index (χ1v) is 11.7. The summed E-state index contributed by atoms with van der Waals surface area (Å²) in [4.78, 5) is 44.5. The van der Waals surface area contributed by atoms with E-state index in [1.54, 1.807) is 23.1 Å². The van der Waals surface area contributed by atoms with Crippen LogP contribution in [0.5, 0.6) is 11.5 Å². The molecule has 2 aliphatic rings. The smallest absolute Gasteiger partial charge is 0.320 e. The van der Waals surface area contributed by atoms with Gasteiger partial charge in [-0.3, -0.25) is 9.59 Å². The molecule has 4 amide bonds. The van der Waals surface area contributed by atoms with Crippen molar-refractivity contribution >= 4 is 17.8 Å². The van der Waals surface area contributed by atoms with Gasteiger partial charge < -0.3 is 29.5 Å². The summed E-state index contributed by atoms with van der Waals surface area (Å²) in [5, 5.41) is 2.89. The molecule has 2 heterocycles. The molecule has 33 heavy (non-hydrogen) atoms. The van der Waals surface area contributed by atoms with Crippen LogP contribution in [-0.4, -0.2) is 92.1 Å². The average Bonchev–Trinajstić information content (AvgIpc) is 2.86. The average molecular weight is 461 g/mol. The summed E-state index contributed by atoms with van der Waals surface area (Å²) in [5.41, 5.74) is 0.363. The Morgan fingerprint density at radius 1 is 0.788 bits per heavy atom. The van der Waals surface area contributed by atoms with E-state index in [-0.39, 0.29) is 23.8 Å². The van der Waals surface area contributed by atoms with Crippen LogP contribution in [0.2, 0.25) is 0 Å². The summed E-state index contributed by atoms with van der Waals surface area (Å²) in [6, 6.07) is 4.32. The van der Waals surface area contributed by atoms with E-state index in [0.717, 1.165) is 25.9 Å². The number of hydrogen-bond acceptors (Lipinski definition) is 5. The van der Waals surface area contributed by atoms with Gasteiger partial charge in [0.1, 0.15) is 17.5 Å². The molecule has 2 aliphatic heterocycles. The van der Waals surface area contributed by atoms with Crippen LogP contribution in [0.4, 0.5) is 4.79 Å². The number of likely N-dealkylation sites (tertiary alicyclic amines) is 1. The Morgan fingerprint density at radius 2 is 1.30 bits per heavy atom. The van der Waals surface area contributed by atoms with Crippen LogP contribution in [0.25, 0.3) is 0 Å². The number of nitrogens with zero attached hydrogens (tertiary/aromatic N) is 3. The minimum absolute atomic E-state index is 0.0717. The van der Waals surface area contributed by atoms with Crippen molar-refractivity contribution in [3.63, 3.8) is 0 Å². The van der Waals surface area contributed by atoms with Crippen molar-refractivity contribution in [1.82, 2.24) is 20.0 Å². The Labute approximate surface area is 196 Å². The fraction of sp³-hybridized carbons (Fsp3) is 0.625. The molecule has 0 aromatic heterocycles. The number of carbonyl (C=O) groups is 3. The molecule has 1 aromatic rings. The van der Waals surface area contributed by atoms with Crippen molar-refractivity contribution in [1.29, 1.82) is 0 Å². The molecule has 3 rings (SSSR count). The molecular formula is C24H36N4O5. The number of rotatable bonds is 6. The number of piperazine rings is 1. The maximum Gasteiger partial charge on any atom is 0.320 e. The third-order valence-corrected chi connectivity index (χ3v) is 6.32. The minimum Gasteiger partial charge on any atom is -0.497 e. The maximum atomic E-state index is 13.3. The number of urea groups is 1. The van der Waals surface area contributed by atoms with Crippen molar-refractivity contribution < 1.29 is 23.9 Å². The molecule has 1 aromatic carbocycles. The standard InChI is InChI=1S/C24H36N4O5/c1-17(2)21(25-22(29)18-14-19(32-3)16-20(15-18)33-4)23(30)26-10-12-28(13-11-26)24(31)27-8-6-5-7-9-27/h14-17,21H,5-13H2,1-4H3,(H,25,29). The first-order valence-electron chi connectivity index (χ1n) is 11.7. The number of piperidine rings is 1. The van der Waals surface area contributed by atoms with Gasteiger partial charge in [-0.25, -0.2) is 4.79 Å². The van der Waals surface area contributed by atoms with Crippen LogP contribution in [0, 0.1) is 5.92 Å². The molecule has 1 N–H and O–H groups in total. The molecule has 0 aliphatic carbocycles. The quantitative estimate of drug-likeness (QED) is 0.703. The van der Waals surface area contributed by atoms with Gasteiger partial charge in [0.05, 0.1) is 14.2 Å². The summed E-state index contributed by atoms with van der Waals surface area (Å²) in [6.45, 7) is 7.38. The van der Waals surface area contributed by atoms with Crippen molar-refractivity contribution in [3.8, 4) is 11.5 Å². The molecule has 2 saturated heterocycles. The van der Waals surface area contributed by atoms with E-state index >= 15 is 0 Å². The van der Waals surface area contributed by atoms with E-state index in [1.807, 2.05) is 23.6 Å². The first-order chi connectivity index (χ1) is 15.8. The molecule has 9 nitrogen and oxygen atoms in total. The van der Waals surface area contributed by atoms with Gasteiger partial charge in [0, 0.05) is 50.9 Å². The monoisotopic (exact) mass is 460 g/mol. The second-order valence-corrected chi connectivity index (χ2v) is 8.94. The van der Waals surface area contributed by atoms with E-state index < -0.39 is 6.04 Å². The zero-order valence-corrected chi connectivity index (χ0v) is 20.1. The molecular weight excluding hydrogens is 424 g/mol. The van der Waals surface area contributed by atoms with E-state index in [1.165, 1.54) is 20.6 Å². The van der Waals surface area contributed by atoms with Gasteiger partial charge in [-0.1, -0.05) is 13.8 Å². The highest BCUT2D eigenvalue weighted by atomic mass is 16.5. The van der Waals surface area contributed by atoms with E-state index in [4.69, 9.17) is 9.47 Å². The topological polar surface area (TPSA) is 91.4 Å². The lowest BCUT2D eigenvalue weighted by atomic mass is 10.0. The Hall–Kier alpha value is -2.97. The molecule has 0 spiro atoms. The molecule has 2 fully saturated rings. The zero-order chi connectivity index (χ0) is 24.0. The lowest BCUT2D eigenvalue weighted by molar-refractivity contribution is -0.135. The number of carbonyl (C=O) groups excluding carboxylic acids is 3. The number of ether oxygens (including phenoxy) is 2. The van der Waals surface area contributed by atoms with E-state index in [9.17, 15) is 14.4 Å². The van der Waals surface area contributed by atoms with Gasteiger partial charge in [0.2, 0.25) is 5.91 Å². The molecule has 0 saturated carbocycles. The minimum atomic E-state index is -0.668. The van der Waals surface area contributed by atoms with Gasteiger partial charge >= 0.3 is 6.03 Å². The van der Waals surface area contributed by atoms with Crippen LogP contribution < -0.4 is 14.8 Å². The number of methoxy groups -OCH3 is 2. The number of hydrogen-bond donors (Lipinski definition) is 1. The molecule has 1 unspecified atom stereocenters. The van der Waals surface area contributed by atoms with Crippen molar-refractivity contribution in [2.45, 2.75) is 39.2 Å². The summed E-state index contributed by atoms with van der Waals surface area (Å²) in [5.74, 6) is 0.418. The second kappa shape index (κ2) is 11.2. The number of amides is 4. The fourth-order valence-corrected chi connectivity index (χ4v) is 4.28. The van der Waals surface area contributed by atoms with Crippen molar-refractivity contribution in [3.05, 3.63) is 23.8 Å². The summed E-state index contributed by atoms with van der Waals surface area (Å²) >= 11 is 0. The van der Waals surface area contributed by atoms with Crippen LogP contribution in [-0.2, 0) is 4.79 Å². The van der Waals surface area contributed by atoms with Crippen LogP contribution in [0.1, 0.15) is 43.5 Å². The molecule has 0 radical (unpaired) electrons. The third kappa shape index (κ3) is 6.09. The highest BCUT2D eigenvalue weighted by Crippen LogP contribution is 2.23. The largest absolute Gasteiger partial charge is 0.497 e. The molecule has 0 bridgehead atoms. The summed E-state index contributed by atoms with van der Waals surface area (Å²) in [6.07, 6.45) is 3.29. The van der Waals surface area contributed by atoms with Gasteiger partial charge in [0.15, 0.2) is 0 Å². The summed E-state index contributed by atoms with van der Waals surface area (Å²) in [7, 11) is 3.04. The van der Waals surface area contributed by atoms with Crippen LogP contribution >= 0.6 is 0 Å². The van der Waals surface area contributed by atoms with E-state index in [2.05, 4.69) is 5.32 Å². The Bertz CT molecular complexity index is 823. The molecule has 182 valence electrons. The third-order valence-electron chi connectivity index (χ3n) is 6.32. The predicted octanol–water partition coefficient (Wildman–Crippen LogP) is 2.21. The van der Waals surface area contributed by atoms with E-state index in [0.29, 0.717) is 43.2 Å². The Kier molecular flexibility index (Phi) is 8.41. The summed E-state index contributed by atoms with van der Waals surface area (Å²) < 4.78 is 10.5. The van der Waals surface area contributed by atoms with Gasteiger partial charge in [0.25, 0.3) is 5.91 Å². The Balaban J connectivity index is 1.61. The number of nitrogens with one attached hydrogen (secondary N) is 1. The first kappa shape index (κ1) is 24.7. The lowest BCUT2D eigenvalue weighted by Crippen LogP contribution is -2.58. The van der Waals surface area contributed by atoms with Gasteiger partial charge in [-0.05, 0) is 37.3 Å². The lowest BCUT2D eigenvalue weighted by Gasteiger charge is -2.40.